The zero-order valence-electron chi connectivity index (χ0n) is 10.6. The first-order valence-corrected chi connectivity index (χ1v) is 6.73. The Morgan fingerprint density at radius 2 is 1.82 bits per heavy atom. The molecule has 1 atom stereocenters. The van der Waals surface area contributed by atoms with Gasteiger partial charge in [-0.25, -0.2) is 0 Å². The summed E-state index contributed by atoms with van der Waals surface area (Å²) in [6.07, 6.45) is 4.49. The number of nitrogens with zero attached hydrogens (tertiary/aromatic N) is 1. The molecule has 2 rings (SSSR count). The first-order chi connectivity index (χ1) is 8.18. The standard InChI is InChI=1S/C13H23NO3/c1-10-2-4-11(5-3-10)12(13(15)16)14-6-8-17-9-7-14/h10-12H,2-9H2,1H3,(H,15,16). The topological polar surface area (TPSA) is 49.8 Å². The maximum absolute atomic E-state index is 11.5. The van der Waals surface area contributed by atoms with E-state index in [0.29, 0.717) is 19.1 Å². The molecule has 4 heteroatoms. The van der Waals surface area contributed by atoms with E-state index in [-0.39, 0.29) is 6.04 Å². The van der Waals surface area contributed by atoms with Crippen LogP contribution in [0.2, 0.25) is 0 Å². The van der Waals surface area contributed by atoms with E-state index in [4.69, 9.17) is 4.74 Å². The van der Waals surface area contributed by atoms with Gasteiger partial charge in [-0.2, -0.15) is 0 Å². The lowest BCUT2D eigenvalue weighted by atomic mass is 9.78. The summed E-state index contributed by atoms with van der Waals surface area (Å²) in [5, 5.41) is 9.46. The van der Waals surface area contributed by atoms with Crippen molar-refractivity contribution < 1.29 is 14.6 Å². The van der Waals surface area contributed by atoms with E-state index in [2.05, 4.69) is 11.8 Å². The molecule has 0 aromatic heterocycles. The molecule has 2 aliphatic rings. The molecular weight excluding hydrogens is 218 g/mol. The van der Waals surface area contributed by atoms with Crippen molar-refractivity contribution in [1.82, 2.24) is 4.90 Å². The molecule has 17 heavy (non-hydrogen) atoms. The highest BCUT2D eigenvalue weighted by molar-refractivity contribution is 5.74. The van der Waals surface area contributed by atoms with Crippen LogP contribution in [-0.2, 0) is 9.53 Å². The first kappa shape index (κ1) is 12.8. The van der Waals surface area contributed by atoms with Gasteiger partial charge in [-0.05, 0) is 24.7 Å². The smallest absolute Gasteiger partial charge is 0.321 e. The Kier molecular flexibility index (Phi) is 4.40. The van der Waals surface area contributed by atoms with E-state index in [1.807, 2.05) is 0 Å². The molecule has 1 N–H and O–H groups in total. The van der Waals surface area contributed by atoms with Crippen molar-refractivity contribution >= 4 is 5.97 Å². The van der Waals surface area contributed by atoms with Gasteiger partial charge in [-0.3, -0.25) is 9.69 Å². The molecule has 98 valence electrons. The van der Waals surface area contributed by atoms with E-state index in [1.54, 1.807) is 0 Å². The lowest BCUT2D eigenvalue weighted by Crippen LogP contribution is -2.51. The second kappa shape index (κ2) is 5.83. The van der Waals surface area contributed by atoms with Gasteiger partial charge in [0.05, 0.1) is 13.2 Å². The number of hydrogen-bond acceptors (Lipinski definition) is 3. The Balaban J connectivity index is 1.98. The van der Waals surface area contributed by atoms with Crippen molar-refractivity contribution in [2.45, 2.75) is 38.6 Å². The monoisotopic (exact) mass is 241 g/mol. The van der Waals surface area contributed by atoms with Crippen LogP contribution in [0, 0.1) is 11.8 Å². The molecule has 0 aromatic rings. The second-order valence-corrected chi connectivity index (χ2v) is 5.45. The van der Waals surface area contributed by atoms with Crippen molar-refractivity contribution in [3.63, 3.8) is 0 Å². The minimum absolute atomic E-state index is 0.286. The highest BCUT2D eigenvalue weighted by Gasteiger charge is 2.35. The summed E-state index contributed by atoms with van der Waals surface area (Å²) in [4.78, 5) is 13.6. The van der Waals surface area contributed by atoms with E-state index in [0.717, 1.165) is 31.8 Å². The van der Waals surface area contributed by atoms with E-state index in [9.17, 15) is 9.90 Å². The lowest BCUT2D eigenvalue weighted by Gasteiger charge is -2.38. The summed E-state index contributed by atoms with van der Waals surface area (Å²) in [6, 6.07) is -0.286. The summed E-state index contributed by atoms with van der Waals surface area (Å²) >= 11 is 0. The molecule has 1 saturated heterocycles. The maximum Gasteiger partial charge on any atom is 0.321 e. The number of carbonyl (C=O) groups is 1. The zero-order valence-corrected chi connectivity index (χ0v) is 10.6. The van der Waals surface area contributed by atoms with Crippen molar-refractivity contribution in [2.75, 3.05) is 26.3 Å². The van der Waals surface area contributed by atoms with Gasteiger partial charge in [0.2, 0.25) is 0 Å². The first-order valence-electron chi connectivity index (χ1n) is 6.73. The van der Waals surface area contributed by atoms with E-state index in [1.165, 1.54) is 12.8 Å². The van der Waals surface area contributed by atoms with Gasteiger partial charge in [-0.1, -0.05) is 19.8 Å². The van der Waals surface area contributed by atoms with Crippen LogP contribution in [0.3, 0.4) is 0 Å². The van der Waals surface area contributed by atoms with Crippen LogP contribution in [0.15, 0.2) is 0 Å². The van der Waals surface area contributed by atoms with Crippen LogP contribution in [0.4, 0.5) is 0 Å². The normalized spacial score (nSPS) is 33.2. The highest BCUT2D eigenvalue weighted by atomic mass is 16.5. The predicted molar refractivity (Wildman–Crippen MR) is 64.9 cm³/mol. The van der Waals surface area contributed by atoms with Gasteiger partial charge >= 0.3 is 5.97 Å². The minimum atomic E-state index is -0.647. The molecule has 2 fully saturated rings. The average molecular weight is 241 g/mol. The molecule has 0 radical (unpaired) electrons. The van der Waals surface area contributed by atoms with Gasteiger partial charge in [0.1, 0.15) is 6.04 Å². The third-order valence-corrected chi connectivity index (χ3v) is 4.20. The molecular formula is C13H23NO3. The molecule has 0 spiro atoms. The Morgan fingerprint density at radius 1 is 1.24 bits per heavy atom. The van der Waals surface area contributed by atoms with Crippen LogP contribution < -0.4 is 0 Å². The maximum atomic E-state index is 11.5. The minimum Gasteiger partial charge on any atom is -0.480 e. The van der Waals surface area contributed by atoms with E-state index >= 15 is 0 Å². The zero-order chi connectivity index (χ0) is 12.3. The quantitative estimate of drug-likeness (QED) is 0.815. The third-order valence-electron chi connectivity index (χ3n) is 4.20. The van der Waals surface area contributed by atoms with Gasteiger partial charge in [0, 0.05) is 13.1 Å². The summed E-state index contributed by atoms with van der Waals surface area (Å²) < 4.78 is 5.30. The summed E-state index contributed by atoms with van der Waals surface area (Å²) in [5.41, 5.74) is 0. The van der Waals surface area contributed by atoms with Gasteiger partial charge in [0.15, 0.2) is 0 Å². The molecule has 4 nitrogen and oxygen atoms in total. The van der Waals surface area contributed by atoms with Crippen LogP contribution in [-0.4, -0.2) is 48.3 Å². The third kappa shape index (κ3) is 3.19. The van der Waals surface area contributed by atoms with Crippen molar-refractivity contribution in [2.24, 2.45) is 11.8 Å². The Bertz CT molecular complexity index is 255. The Hall–Kier alpha value is -0.610. The highest BCUT2D eigenvalue weighted by Crippen LogP contribution is 2.32. The lowest BCUT2D eigenvalue weighted by molar-refractivity contribution is -0.148. The molecule has 0 bridgehead atoms. The number of rotatable bonds is 3. The number of hydrogen-bond donors (Lipinski definition) is 1. The largest absolute Gasteiger partial charge is 0.480 e. The fraction of sp³-hybridized carbons (Fsp3) is 0.923. The van der Waals surface area contributed by atoms with E-state index < -0.39 is 5.97 Å². The number of ether oxygens (including phenoxy) is 1. The number of carboxylic acid groups (broad SMARTS) is 1. The molecule has 1 aliphatic heterocycles. The second-order valence-electron chi connectivity index (χ2n) is 5.45. The predicted octanol–water partition coefficient (Wildman–Crippen LogP) is 1.60. The van der Waals surface area contributed by atoms with Crippen molar-refractivity contribution in [3.05, 3.63) is 0 Å². The molecule has 0 aromatic carbocycles. The Morgan fingerprint density at radius 3 is 2.35 bits per heavy atom. The summed E-state index contributed by atoms with van der Waals surface area (Å²) in [5.74, 6) is 0.457. The average Bonchev–Trinajstić information content (AvgIpc) is 2.33. The molecule has 0 amide bonds. The van der Waals surface area contributed by atoms with Crippen LogP contribution in [0.25, 0.3) is 0 Å². The number of carboxylic acids is 1. The van der Waals surface area contributed by atoms with Crippen LogP contribution in [0.1, 0.15) is 32.6 Å². The Labute approximate surface area is 103 Å². The summed E-state index contributed by atoms with van der Waals surface area (Å²) in [7, 11) is 0. The number of aliphatic carboxylic acids is 1. The van der Waals surface area contributed by atoms with Gasteiger partial charge < -0.3 is 9.84 Å². The molecule has 1 saturated carbocycles. The fourth-order valence-electron chi connectivity index (χ4n) is 3.11. The SMILES string of the molecule is CC1CCC(C(C(=O)O)N2CCOCC2)CC1. The molecule has 1 heterocycles. The fourth-order valence-corrected chi connectivity index (χ4v) is 3.11. The van der Waals surface area contributed by atoms with Crippen molar-refractivity contribution in [3.8, 4) is 0 Å². The van der Waals surface area contributed by atoms with Crippen LogP contribution >= 0.6 is 0 Å². The van der Waals surface area contributed by atoms with Crippen LogP contribution in [0.5, 0.6) is 0 Å². The molecule has 1 unspecified atom stereocenters. The van der Waals surface area contributed by atoms with Crippen molar-refractivity contribution in [1.29, 1.82) is 0 Å². The van der Waals surface area contributed by atoms with Gasteiger partial charge in [0.25, 0.3) is 0 Å². The summed E-state index contributed by atoms with van der Waals surface area (Å²) in [6.45, 7) is 5.15. The number of morpholine rings is 1. The molecule has 1 aliphatic carbocycles. The van der Waals surface area contributed by atoms with Gasteiger partial charge in [-0.15, -0.1) is 0 Å².